The van der Waals surface area contributed by atoms with Gasteiger partial charge in [-0.15, -0.1) is 0 Å². The average molecular weight is 378 g/mol. The van der Waals surface area contributed by atoms with E-state index in [1.54, 1.807) is 0 Å². The van der Waals surface area contributed by atoms with E-state index in [2.05, 4.69) is 29.5 Å². The molecule has 2 unspecified atom stereocenters. The number of carbonyl (C=O) groups excluding carboxylic acids is 1. The van der Waals surface area contributed by atoms with Crippen LogP contribution in [0.25, 0.3) is 0 Å². The maximum absolute atomic E-state index is 11.8. The smallest absolute Gasteiger partial charge is 0.158 e. The largest absolute Gasteiger partial charge is 0.390 e. The number of aliphatic hydroxyl groups is 1. The fourth-order valence-corrected chi connectivity index (χ4v) is 3.47. The van der Waals surface area contributed by atoms with Gasteiger partial charge in [-0.05, 0) is 68.3 Å². The number of hydrogen-bond acceptors (Lipinski definition) is 2. The van der Waals surface area contributed by atoms with Gasteiger partial charge in [-0.1, -0.05) is 35.1 Å². The Hall–Kier alpha value is 0.100. The number of halogens is 1. The van der Waals surface area contributed by atoms with Gasteiger partial charge in [-0.3, -0.25) is 4.79 Å². The highest BCUT2D eigenvalue weighted by atomic mass is 127. The van der Waals surface area contributed by atoms with Crippen LogP contribution in [0, 0.1) is 11.3 Å². The first-order valence-corrected chi connectivity index (χ1v) is 9.23. The molecule has 1 N–H and O–H groups in total. The third-order valence-electron chi connectivity index (χ3n) is 5.00. The number of allylic oxidation sites excluding steroid dienone is 2. The topological polar surface area (TPSA) is 37.3 Å². The van der Waals surface area contributed by atoms with Crippen molar-refractivity contribution in [3.8, 4) is 0 Å². The van der Waals surface area contributed by atoms with Crippen molar-refractivity contribution < 1.29 is 9.90 Å². The number of fused-ring (bicyclic) bond motifs is 1. The van der Waals surface area contributed by atoms with Crippen molar-refractivity contribution in [3.05, 3.63) is 11.1 Å². The highest BCUT2D eigenvalue weighted by molar-refractivity contribution is 14.1. The van der Waals surface area contributed by atoms with Crippen molar-refractivity contribution in [2.45, 2.75) is 65.4 Å². The molecule has 2 rings (SSSR count). The van der Waals surface area contributed by atoms with E-state index < -0.39 is 5.60 Å². The highest BCUT2D eigenvalue weighted by Crippen LogP contribution is 2.51. The van der Waals surface area contributed by atoms with Gasteiger partial charge in [-0.25, -0.2) is 0 Å². The van der Waals surface area contributed by atoms with Gasteiger partial charge in [0.15, 0.2) is 5.78 Å². The van der Waals surface area contributed by atoms with Crippen molar-refractivity contribution in [1.82, 2.24) is 0 Å². The number of rotatable bonds is 1. The zero-order valence-electron chi connectivity index (χ0n) is 12.8. The monoisotopic (exact) mass is 378 g/mol. The fourth-order valence-electron chi connectivity index (χ4n) is 3.47. The van der Waals surface area contributed by atoms with Gasteiger partial charge in [0.25, 0.3) is 0 Å². The Balaban J connectivity index is 0.000000861. The Morgan fingerprint density at radius 2 is 1.89 bits per heavy atom. The van der Waals surface area contributed by atoms with E-state index in [-0.39, 0.29) is 5.41 Å². The molecule has 0 aromatic rings. The van der Waals surface area contributed by atoms with Crippen LogP contribution in [0.2, 0.25) is 0 Å². The summed E-state index contributed by atoms with van der Waals surface area (Å²) < 4.78 is 0. The van der Waals surface area contributed by atoms with Crippen molar-refractivity contribution >= 4 is 28.4 Å². The molecule has 1 saturated carbocycles. The lowest BCUT2D eigenvalue weighted by Crippen LogP contribution is -2.40. The molecule has 0 heterocycles. The second-order valence-electron chi connectivity index (χ2n) is 6.68. The van der Waals surface area contributed by atoms with Crippen LogP contribution in [0.3, 0.4) is 0 Å². The zero-order chi connectivity index (χ0) is 14.8. The maximum Gasteiger partial charge on any atom is 0.158 e. The van der Waals surface area contributed by atoms with Crippen LogP contribution in [-0.2, 0) is 4.79 Å². The molecule has 0 bridgehead atoms. The summed E-state index contributed by atoms with van der Waals surface area (Å²) in [7, 11) is 0. The first-order chi connectivity index (χ1) is 8.74. The molecule has 2 aliphatic rings. The maximum atomic E-state index is 11.8. The van der Waals surface area contributed by atoms with Crippen LogP contribution in [0.15, 0.2) is 11.1 Å². The van der Waals surface area contributed by atoms with Crippen LogP contribution in [0.5, 0.6) is 0 Å². The van der Waals surface area contributed by atoms with E-state index in [9.17, 15) is 9.90 Å². The van der Waals surface area contributed by atoms with E-state index in [4.69, 9.17) is 0 Å². The van der Waals surface area contributed by atoms with Crippen molar-refractivity contribution in [2.24, 2.45) is 11.3 Å². The van der Waals surface area contributed by atoms with E-state index >= 15 is 0 Å². The zero-order valence-corrected chi connectivity index (χ0v) is 15.0. The summed E-state index contributed by atoms with van der Waals surface area (Å²) in [4.78, 5) is 13.8. The summed E-state index contributed by atoms with van der Waals surface area (Å²) in [5, 5.41) is 10.2. The predicted molar refractivity (Wildman–Crippen MR) is 88.6 cm³/mol. The normalized spacial score (nSPS) is 31.5. The fraction of sp³-hybridized carbons (Fsp3) is 0.812. The molecule has 3 heteroatoms. The summed E-state index contributed by atoms with van der Waals surface area (Å²) >= 11 is 2.15. The molecule has 1 fully saturated rings. The second-order valence-corrected chi connectivity index (χ2v) is 6.68. The molecule has 2 aliphatic carbocycles. The Labute approximate surface area is 131 Å². The summed E-state index contributed by atoms with van der Waals surface area (Å²) in [6.07, 6.45) is 4.79. The van der Waals surface area contributed by atoms with Crippen LogP contribution < -0.4 is 0 Å². The molecule has 0 spiro atoms. The van der Waals surface area contributed by atoms with E-state index in [0.717, 1.165) is 31.3 Å². The summed E-state index contributed by atoms with van der Waals surface area (Å²) in [6, 6.07) is 0. The SMILES string of the molecule is CC1=C2CC(C(C)(C)O)CCC2(C)CCC1=O.CI. The third kappa shape index (κ3) is 3.60. The van der Waals surface area contributed by atoms with Gasteiger partial charge in [0.2, 0.25) is 0 Å². The minimum Gasteiger partial charge on any atom is -0.390 e. The number of Topliss-reactive ketones (excluding diaryl/α,β-unsaturated/α-hetero) is 1. The van der Waals surface area contributed by atoms with Crippen molar-refractivity contribution in [3.63, 3.8) is 0 Å². The number of hydrogen-bond donors (Lipinski definition) is 1. The Kier molecular flexibility index (Phi) is 5.64. The van der Waals surface area contributed by atoms with Gasteiger partial charge >= 0.3 is 0 Å². The molecule has 0 aliphatic heterocycles. The average Bonchev–Trinajstić information content (AvgIpc) is 2.35. The Morgan fingerprint density at radius 1 is 1.32 bits per heavy atom. The van der Waals surface area contributed by atoms with Gasteiger partial charge in [0.05, 0.1) is 5.60 Å². The van der Waals surface area contributed by atoms with Gasteiger partial charge < -0.3 is 5.11 Å². The first-order valence-electron chi connectivity index (χ1n) is 7.08. The van der Waals surface area contributed by atoms with Crippen LogP contribution in [0.4, 0.5) is 0 Å². The third-order valence-corrected chi connectivity index (χ3v) is 5.00. The standard InChI is InChI=1S/C15H24O2.CH3I/c1-10-12-9-11(14(2,3)17)5-7-15(12,4)8-6-13(10)16;1-2/h11,17H,5-9H2,1-4H3;1H3. The lowest BCUT2D eigenvalue weighted by molar-refractivity contribution is -0.117. The quantitative estimate of drug-likeness (QED) is 0.546. The number of ketones is 1. The molecule has 0 amide bonds. The lowest BCUT2D eigenvalue weighted by Gasteiger charge is -2.46. The minimum absolute atomic E-state index is 0.222. The van der Waals surface area contributed by atoms with Crippen LogP contribution in [0.1, 0.15) is 59.8 Å². The van der Waals surface area contributed by atoms with Crippen LogP contribution in [-0.4, -0.2) is 21.4 Å². The first kappa shape index (κ1) is 17.2. The van der Waals surface area contributed by atoms with E-state index in [1.165, 1.54) is 5.57 Å². The number of carbonyl (C=O) groups is 1. The molecule has 110 valence electrons. The molecule has 0 radical (unpaired) electrons. The molecular formula is C16H27IO2. The number of alkyl halides is 1. The van der Waals surface area contributed by atoms with Gasteiger partial charge in [0, 0.05) is 6.42 Å². The molecule has 19 heavy (non-hydrogen) atoms. The Morgan fingerprint density at radius 3 is 2.42 bits per heavy atom. The van der Waals surface area contributed by atoms with Gasteiger partial charge in [-0.2, -0.15) is 0 Å². The Bertz CT molecular complexity index is 379. The second kappa shape index (κ2) is 6.25. The molecule has 0 aromatic carbocycles. The van der Waals surface area contributed by atoms with Crippen molar-refractivity contribution in [2.75, 3.05) is 4.93 Å². The predicted octanol–water partition coefficient (Wildman–Crippen LogP) is 4.29. The molecular weight excluding hydrogens is 351 g/mol. The highest BCUT2D eigenvalue weighted by Gasteiger charge is 2.43. The molecule has 2 atom stereocenters. The molecule has 0 aromatic heterocycles. The molecule has 2 nitrogen and oxygen atoms in total. The summed E-state index contributed by atoms with van der Waals surface area (Å²) in [6.45, 7) is 8.04. The molecule has 0 saturated heterocycles. The van der Waals surface area contributed by atoms with E-state index in [1.807, 2.05) is 25.7 Å². The van der Waals surface area contributed by atoms with Crippen LogP contribution >= 0.6 is 22.6 Å². The van der Waals surface area contributed by atoms with Crippen molar-refractivity contribution in [1.29, 1.82) is 0 Å². The van der Waals surface area contributed by atoms with Gasteiger partial charge in [0.1, 0.15) is 0 Å². The lowest BCUT2D eigenvalue weighted by atomic mass is 9.59. The summed E-state index contributed by atoms with van der Waals surface area (Å²) in [5.41, 5.74) is 1.90. The minimum atomic E-state index is -0.630. The van der Waals surface area contributed by atoms with E-state index in [0.29, 0.717) is 18.1 Å². The summed E-state index contributed by atoms with van der Waals surface area (Å²) in [5.74, 6) is 0.611.